The van der Waals surface area contributed by atoms with E-state index in [1.807, 2.05) is 32.5 Å². The zero-order valence-corrected chi connectivity index (χ0v) is 19.3. The summed E-state index contributed by atoms with van der Waals surface area (Å²) in [6.45, 7) is 22.4. The second-order valence-corrected chi connectivity index (χ2v) is 10.5. The average molecular weight is 381 g/mol. The standard InChI is InChI=1S/C22H40O3Si/c1-11-21(7,17-13-15-19(3)4)24-26(10,23-9)25-22(8,12-2)18-14-16-20(5)6/h11-12,15-16H,1-2,13-14,17-18H2,3-10H3. The Bertz CT molecular complexity index is 473. The maximum Gasteiger partial charge on any atom is 0.498 e. The van der Waals surface area contributed by atoms with Crippen LogP contribution in [0.3, 0.4) is 0 Å². The summed E-state index contributed by atoms with van der Waals surface area (Å²) in [4.78, 5) is 0. The van der Waals surface area contributed by atoms with Crippen LogP contribution in [0, 0.1) is 0 Å². The topological polar surface area (TPSA) is 27.7 Å². The van der Waals surface area contributed by atoms with Gasteiger partial charge in [-0.3, -0.25) is 0 Å². The Balaban J connectivity index is 5.21. The first-order valence-electron chi connectivity index (χ1n) is 9.42. The smallest absolute Gasteiger partial charge is 0.377 e. The molecule has 2 unspecified atom stereocenters. The molecule has 0 aromatic heterocycles. The van der Waals surface area contributed by atoms with Crippen LogP contribution in [0.25, 0.3) is 0 Å². The van der Waals surface area contributed by atoms with E-state index in [-0.39, 0.29) is 0 Å². The normalized spacial score (nSPS) is 18.0. The third kappa shape index (κ3) is 9.67. The van der Waals surface area contributed by atoms with E-state index in [1.165, 1.54) is 11.1 Å². The second kappa shape index (κ2) is 11.0. The highest BCUT2D eigenvalue weighted by molar-refractivity contribution is 6.59. The van der Waals surface area contributed by atoms with Gasteiger partial charge in [-0.15, -0.1) is 13.2 Å². The van der Waals surface area contributed by atoms with Gasteiger partial charge in [-0.25, -0.2) is 0 Å². The summed E-state index contributed by atoms with van der Waals surface area (Å²) in [7, 11) is -1.22. The fourth-order valence-electron chi connectivity index (χ4n) is 2.64. The fraction of sp³-hybridized carbons (Fsp3) is 0.636. The van der Waals surface area contributed by atoms with Crippen molar-refractivity contribution >= 4 is 8.80 Å². The molecule has 2 atom stereocenters. The molecule has 0 bridgehead atoms. The Morgan fingerprint density at radius 3 is 1.42 bits per heavy atom. The molecule has 0 amide bonds. The second-order valence-electron chi connectivity index (χ2n) is 7.94. The van der Waals surface area contributed by atoms with Crippen LogP contribution < -0.4 is 0 Å². The Hall–Kier alpha value is -0.943. The molecule has 0 fully saturated rings. The Kier molecular flexibility index (Phi) is 10.6. The molecule has 0 saturated carbocycles. The van der Waals surface area contributed by atoms with Gasteiger partial charge in [0.15, 0.2) is 0 Å². The average Bonchev–Trinajstić information content (AvgIpc) is 2.54. The van der Waals surface area contributed by atoms with Crippen molar-refractivity contribution in [2.45, 2.75) is 85.0 Å². The van der Waals surface area contributed by atoms with E-state index >= 15 is 0 Å². The van der Waals surface area contributed by atoms with Gasteiger partial charge in [0.25, 0.3) is 0 Å². The van der Waals surface area contributed by atoms with Crippen LogP contribution in [-0.2, 0) is 13.3 Å². The minimum atomic E-state index is -2.87. The Morgan fingerprint density at radius 2 is 1.19 bits per heavy atom. The molecule has 0 heterocycles. The number of hydrogen-bond acceptors (Lipinski definition) is 3. The number of hydrogen-bond donors (Lipinski definition) is 0. The van der Waals surface area contributed by atoms with Crippen molar-refractivity contribution in [2.75, 3.05) is 7.11 Å². The lowest BCUT2D eigenvalue weighted by Gasteiger charge is -2.40. The van der Waals surface area contributed by atoms with Crippen LogP contribution in [-0.4, -0.2) is 27.1 Å². The number of allylic oxidation sites excluding steroid dienone is 4. The predicted octanol–water partition coefficient (Wildman–Crippen LogP) is 6.62. The molecular weight excluding hydrogens is 340 g/mol. The third-order valence-electron chi connectivity index (χ3n) is 4.46. The van der Waals surface area contributed by atoms with Gasteiger partial charge in [-0.1, -0.05) is 35.5 Å². The van der Waals surface area contributed by atoms with Crippen LogP contribution in [0.5, 0.6) is 0 Å². The molecular formula is C22H40O3Si. The molecule has 26 heavy (non-hydrogen) atoms. The molecule has 4 heteroatoms. The van der Waals surface area contributed by atoms with Crippen molar-refractivity contribution in [3.05, 3.63) is 48.6 Å². The van der Waals surface area contributed by atoms with E-state index in [2.05, 4.69) is 53.0 Å². The monoisotopic (exact) mass is 380 g/mol. The Labute approximate surface area is 163 Å². The molecule has 150 valence electrons. The molecule has 0 aliphatic carbocycles. The van der Waals surface area contributed by atoms with Crippen molar-refractivity contribution in [1.29, 1.82) is 0 Å². The summed E-state index contributed by atoms with van der Waals surface area (Å²) in [5, 5.41) is 0. The van der Waals surface area contributed by atoms with Crippen LogP contribution in [0.2, 0.25) is 6.55 Å². The SMILES string of the molecule is C=CC(C)(CCC=C(C)C)O[Si](C)(OC)OC(C)(C=C)CCC=C(C)C. The highest BCUT2D eigenvalue weighted by Crippen LogP contribution is 2.31. The maximum atomic E-state index is 6.41. The van der Waals surface area contributed by atoms with Crippen LogP contribution in [0.4, 0.5) is 0 Å². The van der Waals surface area contributed by atoms with Crippen LogP contribution in [0.15, 0.2) is 48.6 Å². The summed E-state index contributed by atoms with van der Waals surface area (Å²) in [6, 6.07) is 0. The molecule has 0 N–H and O–H groups in total. The molecule has 0 spiro atoms. The summed E-state index contributed by atoms with van der Waals surface area (Å²) in [5.41, 5.74) is 1.62. The predicted molar refractivity (Wildman–Crippen MR) is 115 cm³/mol. The molecule has 0 aliphatic rings. The van der Waals surface area contributed by atoms with E-state index in [0.29, 0.717) is 0 Å². The first-order valence-corrected chi connectivity index (χ1v) is 11.6. The van der Waals surface area contributed by atoms with Gasteiger partial charge in [0.2, 0.25) is 0 Å². The third-order valence-corrected chi connectivity index (χ3v) is 6.87. The van der Waals surface area contributed by atoms with Gasteiger partial charge in [0.1, 0.15) is 0 Å². The molecule has 3 nitrogen and oxygen atoms in total. The maximum absolute atomic E-state index is 6.41. The van der Waals surface area contributed by atoms with Gasteiger partial charge in [0, 0.05) is 13.7 Å². The first kappa shape index (κ1) is 25.1. The lowest BCUT2D eigenvalue weighted by Crippen LogP contribution is -2.53. The van der Waals surface area contributed by atoms with Crippen LogP contribution in [0.1, 0.15) is 67.2 Å². The molecule has 0 aromatic carbocycles. The molecule has 0 aliphatic heterocycles. The van der Waals surface area contributed by atoms with E-state index in [1.54, 1.807) is 7.11 Å². The quantitative estimate of drug-likeness (QED) is 0.265. The lowest BCUT2D eigenvalue weighted by molar-refractivity contribution is -0.0287. The van der Waals surface area contributed by atoms with Gasteiger partial charge >= 0.3 is 8.80 Å². The summed E-state index contributed by atoms with van der Waals surface area (Å²) >= 11 is 0. The molecule has 0 rings (SSSR count). The van der Waals surface area contributed by atoms with Crippen molar-refractivity contribution in [1.82, 2.24) is 0 Å². The van der Waals surface area contributed by atoms with Crippen molar-refractivity contribution in [3.63, 3.8) is 0 Å². The fourth-order valence-corrected chi connectivity index (χ4v) is 4.91. The van der Waals surface area contributed by atoms with Crippen molar-refractivity contribution in [3.8, 4) is 0 Å². The number of rotatable bonds is 13. The van der Waals surface area contributed by atoms with Gasteiger partial charge in [-0.05, 0) is 67.2 Å². The van der Waals surface area contributed by atoms with Crippen LogP contribution >= 0.6 is 0 Å². The Morgan fingerprint density at radius 1 is 0.846 bits per heavy atom. The highest BCUT2D eigenvalue weighted by atomic mass is 28.4. The molecule has 0 radical (unpaired) electrons. The zero-order chi connectivity index (χ0) is 20.4. The summed E-state index contributed by atoms with van der Waals surface area (Å²) < 4.78 is 18.6. The van der Waals surface area contributed by atoms with E-state index < -0.39 is 20.0 Å². The zero-order valence-electron chi connectivity index (χ0n) is 18.3. The van der Waals surface area contributed by atoms with E-state index in [9.17, 15) is 0 Å². The van der Waals surface area contributed by atoms with Crippen molar-refractivity contribution < 1.29 is 13.3 Å². The minimum absolute atomic E-state index is 0.495. The van der Waals surface area contributed by atoms with E-state index in [0.717, 1.165) is 25.7 Å². The van der Waals surface area contributed by atoms with Gasteiger partial charge in [0.05, 0.1) is 11.2 Å². The van der Waals surface area contributed by atoms with Gasteiger partial charge in [-0.2, -0.15) is 0 Å². The van der Waals surface area contributed by atoms with E-state index in [4.69, 9.17) is 13.3 Å². The van der Waals surface area contributed by atoms with Gasteiger partial charge < -0.3 is 13.3 Å². The highest BCUT2D eigenvalue weighted by Gasteiger charge is 2.44. The largest absolute Gasteiger partial charge is 0.498 e. The molecule has 0 aromatic rings. The minimum Gasteiger partial charge on any atom is -0.377 e. The first-order chi connectivity index (χ1) is 11.9. The molecule has 0 saturated heterocycles. The lowest BCUT2D eigenvalue weighted by atomic mass is 10.00. The van der Waals surface area contributed by atoms with Crippen molar-refractivity contribution in [2.24, 2.45) is 0 Å². The summed E-state index contributed by atoms with van der Waals surface area (Å²) in [5.74, 6) is 0. The summed E-state index contributed by atoms with van der Waals surface area (Å²) in [6.07, 6.45) is 11.7.